The van der Waals surface area contributed by atoms with E-state index >= 15 is 0 Å². The molecule has 0 bridgehead atoms. The van der Waals surface area contributed by atoms with Gasteiger partial charge in [0.2, 0.25) is 17.6 Å². The first-order chi connectivity index (χ1) is 23.6. The van der Waals surface area contributed by atoms with Crippen LogP contribution in [0.3, 0.4) is 0 Å². The quantitative estimate of drug-likeness (QED) is 0.163. The van der Waals surface area contributed by atoms with Crippen LogP contribution in [0.1, 0.15) is 129 Å². The van der Waals surface area contributed by atoms with E-state index in [1.165, 1.54) is 17.7 Å². The SMILES string of the molecule is CCC[C@H](CC(=O)[C@@H]1C[C@]2(CC(c3cc(Cl)c(OC)cc3C)=NO2)CN1C(=O)[C@@H](NC(=O)CC1CCCCCC1)C(C)(C)C)C(=O)C(=O)CC. The predicted octanol–water partition coefficient (Wildman–Crippen LogP) is 6.94. The molecule has 1 aromatic carbocycles. The lowest BCUT2D eigenvalue weighted by Crippen LogP contribution is -2.57. The van der Waals surface area contributed by atoms with Crippen LogP contribution in [0.4, 0.5) is 0 Å². The minimum atomic E-state index is -1.000. The van der Waals surface area contributed by atoms with Crippen molar-refractivity contribution in [2.45, 2.75) is 143 Å². The number of carbonyl (C=O) groups is 5. The number of amides is 2. The molecule has 11 heteroatoms. The second-order valence-corrected chi connectivity index (χ2v) is 16.1. The molecule has 0 unspecified atom stereocenters. The number of halogens is 1. The van der Waals surface area contributed by atoms with Crippen LogP contribution in [0.5, 0.6) is 5.75 Å². The number of hydrogen-bond donors (Lipinski definition) is 1. The van der Waals surface area contributed by atoms with Crippen molar-refractivity contribution in [2.75, 3.05) is 13.7 Å². The number of carbonyl (C=O) groups excluding carboxylic acids is 5. The van der Waals surface area contributed by atoms with Gasteiger partial charge in [0.1, 0.15) is 11.8 Å². The van der Waals surface area contributed by atoms with Crippen molar-refractivity contribution < 1.29 is 33.5 Å². The molecule has 50 heavy (non-hydrogen) atoms. The van der Waals surface area contributed by atoms with Gasteiger partial charge in [0.25, 0.3) is 0 Å². The molecule has 2 aliphatic heterocycles. The van der Waals surface area contributed by atoms with Crippen LogP contribution < -0.4 is 10.1 Å². The van der Waals surface area contributed by atoms with Crippen LogP contribution in [0.15, 0.2) is 17.3 Å². The van der Waals surface area contributed by atoms with Gasteiger partial charge in [-0.05, 0) is 55.2 Å². The zero-order chi connectivity index (χ0) is 36.8. The van der Waals surface area contributed by atoms with Crippen molar-refractivity contribution in [3.8, 4) is 5.75 Å². The van der Waals surface area contributed by atoms with Crippen LogP contribution in [0.2, 0.25) is 5.02 Å². The lowest BCUT2D eigenvalue weighted by atomic mass is 9.84. The zero-order valence-corrected chi connectivity index (χ0v) is 31.7. The van der Waals surface area contributed by atoms with E-state index in [1.807, 2.05) is 40.7 Å². The van der Waals surface area contributed by atoms with Crippen LogP contribution in [0, 0.1) is 24.2 Å². The van der Waals surface area contributed by atoms with E-state index in [2.05, 4.69) is 10.5 Å². The number of aryl methyl sites for hydroxylation is 1. The van der Waals surface area contributed by atoms with Crippen molar-refractivity contribution in [1.82, 2.24) is 10.2 Å². The first-order valence-corrected chi connectivity index (χ1v) is 18.8. The van der Waals surface area contributed by atoms with Gasteiger partial charge in [-0.3, -0.25) is 24.0 Å². The van der Waals surface area contributed by atoms with Gasteiger partial charge in [-0.15, -0.1) is 0 Å². The molecule has 3 aliphatic rings. The number of nitrogens with zero attached hydrogens (tertiary/aromatic N) is 2. The molecule has 0 radical (unpaired) electrons. The fourth-order valence-corrected chi connectivity index (χ4v) is 8.01. The number of ketones is 3. The number of oxime groups is 1. The maximum Gasteiger partial charge on any atom is 0.246 e. The van der Waals surface area contributed by atoms with Gasteiger partial charge >= 0.3 is 0 Å². The first kappa shape index (κ1) is 39.5. The third kappa shape index (κ3) is 9.33. The fourth-order valence-electron chi connectivity index (χ4n) is 7.77. The molecule has 276 valence electrons. The molecule has 2 heterocycles. The molecule has 0 aromatic heterocycles. The summed E-state index contributed by atoms with van der Waals surface area (Å²) in [6, 6.07) is 1.79. The average Bonchev–Trinajstić information content (AvgIpc) is 3.56. The van der Waals surface area contributed by atoms with E-state index in [9.17, 15) is 24.0 Å². The van der Waals surface area contributed by atoms with Crippen molar-refractivity contribution in [2.24, 2.45) is 22.4 Å². The Hall–Kier alpha value is -3.27. The number of rotatable bonds is 14. The van der Waals surface area contributed by atoms with E-state index in [1.54, 1.807) is 20.1 Å². The van der Waals surface area contributed by atoms with Gasteiger partial charge in [0.15, 0.2) is 17.2 Å². The van der Waals surface area contributed by atoms with Crippen LogP contribution in [0.25, 0.3) is 0 Å². The first-order valence-electron chi connectivity index (χ1n) is 18.4. The summed E-state index contributed by atoms with van der Waals surface area (Å²) in [6.45, 7) is 11.2. The molecule has 2 amide bonds. The summed E-state index contributed by atoms with van der Waals surface area (Å²) in [6.07, 6.45) is 8.38. The summed E-state index contributed by atoms with van der Waals surface area (Å²) < 4.78 is 5.37. The normalized spacial score (nSPS) is 22.4. The van der Waals surface area contributed by atoms with E-state index in [0.29, 0.717) is 42.2 Å². The average molecular weight is 714 g/mol. The van der Waals surface area contributed by atoms with Gasteiger partial charge in [0.05, 0.1) is 30.4 Å². The summed E-state index contributed by atoms with van der Waals surface area (Å²) in [7, 11) is 1.55. The van der Waals surface area contributed by atoms with Gasteiger partial charge < -0.3 is 19.8 Å². The van der Waals surface area contributed by atoms with Crippen molar-refractivity contribution in [1.29, 1.82) is 0 Å². The van der Waals surface area contributed by atoms with E-state index < -0.39 is 40.6 Å². The number of Topliss-reactive ketones (excluding diaryl/α,β-unsaturated/α-hetero) is 3. The second kappa shape index (κ2) is 16.8. The molecule has 1 N–H and O–H groups in total. The Kier molecular flexibility index (Phi) is 13.3. The summed E-state index contributed by atoms with van der Waals surface area (Å²) in [5.41, 5.74) is 0.646. The van der Waals surface area contributed by atoms with Gasteiger partial charge in [-0.25, -0.2) is 0 Å². The van der Waals surface area contributed by atoms with Crippen molar-refractivity contribution in [3.63, 3.8) is 0 Å². The van der Waals surface area contributed by atoms with Crippen LogP contribution >= 0.6 is 11.6 Å². The van der Waals surface area contributed by atoms with Gasteiger partial charge in [-0.1, -0.05) is 83.5 Å². The maximum atomic E-state index is 14.7. The number of methoxy groups -OCH3 is 1. The topological polar surface area (TPSA) is 131 Å². The van der Waals surface area contributed by atoms with E-state index in [4.69, 9.17) is 21.2 Å². The highest BCUT2D eigenvalue weighted by atomic mass is 35.5. The minimum absolute atomic E-state index is 0.0704. The summed E-state index contributed by atoms with van der Waals surface area (Å²) in [4.78, 5) is 75.5. The highest BCUT2D eigenvalue weighted by Gasteiger charge is 2.55. The smallest absolute Gasteiger partial charge is 0.246 e. The molecule has 1 saturated carbocycles. The largest absolute Gasteiger partial charge is 0.495 e. The Morgan fingerprint density at radius 2 is 1.78 bits per heavy atom. The highest BCUT2D eigenvalue weighted by molar-refractivity contribution is 6.38. The standard InChI is InChI=1S/C39H56ClN3O7/c1-8-14-26(35(47)31(44)9-2)19-32(45)30-22-39(21-29(42-50-39)27-20-28(40)33(49-7)17-24(27)3)23-43(30)37(48)36(38(4,5)6)41-34(46)18-25-15-12-10-11-13-16-25/h17,20,25-26,30,36H,8-16,18-19,21-23H2,1-7H3,(H,41,46)/t26-,30+,36-,39-/m1/s1. The zero-order valence-electron chi connectivity index (χ0n) is 31.0. The second-order valence-electron chi connectivity index (χ2n) is 15.7. The number of ether oxygens (including phenoxy) is 1. The van der Waals surface area contributed by atoms with Gasteiger partial charge in [-0.2, -0.15) is 0 Å². The van der Waals surface area contributed by atoms with E-state index in [-0.39, 0.29) is 49.3 Å². The molecule has 1 saturated heterocycles. The molecule has 1 aromatic rings. The van der Waals surface area contributed by atoms with Crippen LogP contribution in [-0.2, 0) is 28.8 Å². The van der Waals surface area contributed by atoms with E-state index in [0.717, 1.165) is 36.8 Å². The summed E-state index contributed by atoms with van der Waals surface area (Å²) >= 11 is 6.48. The number of nitrogens with one attached hydrogen (secondary N) is 1. The molecule has 1 spiro atoms. The highest BCUT2D eigenvalue weighted by Crippen LogP contribution is 2.42. The lowest BCUT2D eigenvalue weighted by Gasteiger charge is -2.36. The molecule has 2 fully saturated rings. The Balaban J connectivity index is 1.63. The van der Waals surface area contributed by atoms with Crippen molar-refractivity contribution >= 4 is 46.5 Å². The third-order valence-corrected chi connectivity index (χ3v) is 10.9. The van der Waals surface area contributed by atoms with Crippen molar-refractivity contribution in [3.05, 3.63) is 28.3 Å². The Morgan fingerprint density at radius 1 is 1.10 bits per heavy atom. The Morgan fingerprint density at radius 3 is 2.38 bits per heavy atom. The predicted molar refractivity (Wildman–Crippen MR) is 193 cm³/mol. The molecular weight excluding hydrogens is 658 g/mol. The minimum Gasteiger partial charge on any atom is -0.495 e. The fraction of sp³-hybridized carbons (Fsp3) is 0.692. The van der Waals surface area contributed by atoms with Gasteiger partial charge in [0, 0.05) is 43.6 Å². The molecule has 4 rings (SSSR count). The Labute approximate surface area is 302 Å². The monoisotopic (exact) mass is 713 g/mol. The number of likely N-dealkylation sites (tertiary alicyclic amines) is 1. The molecular formula is C39H56ClN3O7. The lowest BCUT2D eigenvalue weighted by molar-refractivity contribution is -0.145. The molecule has 10 nitrogen and oxygen atoms in total. The number of hydrogen-bond acceptors (Lipinski definition) is 8. The number of benzene rings is 1. The summed E-state index contributed by atoms with van der Waals surface area (Å²) in [5.74, 6) is -1.81. The molecule has 1 aliphatic carbocycles. The third-order valence-electron chi connectivity index (χ3n) is 10.6. The van der Waals surface area contributed by atoms with Crippen LogP contribution in [-0.4, -0.2) is 71.1 Å². The maximum absolute atomic E-state index is 14.7. The summed E-state index contributed by atoms with van der Waals surface area (Å²) in [5, 5.41) is 7.94. The molecule has 4 atom stereocenters. The Bertz CT molecular complexity index is 1480.